The molecule has 0 bridgehead atoms. The van der Waals surface area contributed by atoms with Gasteiger partial charge in [-0.05, 0) is 12.5 Å². The van der Waals surface area contributed by atoms with Gasteiger partial charge in [0.1, 0.15) is 0 Å². The van der Waals surface area contributed by atoms with Crippen molar-refractivity contribution in [1.82, 2.24) is 5.32 Å². The Hall–Kier alpha value is -0.900. The van der Waals surface area contributed by atoms with Crippen LogP contribution >= 0.6 is 0 Å². The molecule has 2 N–H and O–H groups in total. The quantitative estimate of drug-likeness (QED) is 0.708. The van der Waals surface area contributed by atoms with Gasteiger partial charge in [-0.1, -0.05) is 30.3 Å². The van der Waals surface area contributed by atoms with Gasteiger partial charge < -0.3 is 15.2 Å². The van der Waals surface area contributed by atoms with Crippen LogP contribution in [0.2, 0.25) is 0 Å². The summed E-state index contributed by atoms with van der Waals surface area (Å²) in [5.41, 5.74) is 1.22. The van der Waals surface area contributed by atoms with E-state index in [1.165, 1.54) is 5.56 Å². The Morgan fingerprint density at radius 1 is 1.33 bits per heavy atom. The summed E-state index contributed by atoms with van der Waals surface area (Å²) in [4.78, 5) is 0. The number of hydrogen-bond acceptors (Lipinski definition) is 3. The van der Waals surface area contributed by atoms with Gasteiger partial charge >= 0.3 is 0 Å². The topological polar surface area (TPSA) is 41.5 Å². The van der Waals surface area contributed by atoms with Crippen LogP contribution in [0.4, 0.5) is 0 Å². The third-order valence-corrected chi connectivity index (χ3v) is 2.07. The van der Waals surface area contributed by atoms with Crippen LogP contribution in [-0.4, -0.2) is 31.0 Å². The number of aliphatic hydroxyl groups excluding tert-OH is 1. The van der Waals surface area contributed by atoms with Crippen molar-refractivity contribution in [2.75, 3.05) is 19.8 Å². The molecule has 0 heterocycles. The molecule has 0 saturated heterocycles. The highest BCUT2D eigenvalue weighted by molar-refractivity contribution is 5.14. The molecule has 0 aliphatic rings. The summed E-state index contributed by atoms with van der Waals surface area (Å²) in [6.07, 6.45) is -0.423. The average Bonchev–Trinajstić information content (AvgIpc) is 2.28. The van der Waals surface area contributed by atoms with Crippen LogP contribution in [0.25, 0.3) is 0 Å². The largest absolute Gasteiger partial charge is 0.389 e. The van der Waals surface area contributed by atoms with Gasteiger partial charge in [-0.25, -0.2) is 0 Å². The Morgan fingerprint density at radius 2 is 2.07 bits per heavy atom. The SMILES string of the molecule is CCOC[C@H](O)CNCc1ccccc1. The molecule has 0 aliphatic carbocycles. The molecule has 1 aromatic rings. The van der Waals surface area contributed by atoms with E-state index in [9.17, 15) is 5.11 Å². The zero-order valence-corrected chi connectivity index (χ0v) is 9.15. The lowest BCUT2D eigenvalue weighted by Gasteiger charge is -2.11. The number of nitrogens with one attached hydrogen (secondary N) is 1. The molecule has 1 atom stereocenters. The third kappa shape index (κ3) is 5.52. The van der Waals surface area contributed by atoms with E-state index in [-0.39, 0.29) is 0 Å². The first-order valence-corrected chi connectivity index (χ1v) is 5.33. The predicted molar refractivity (Wildman–Crippen MR) is 60.6 cm³/mol. The van der Waals surface area contributed by atoms with Gasteiger partial charge in [-0.3, -0.25) is 0 Å². The van der Waals surface area contributed by atoms with E-state index in [1.807, 2.05) is 25.1 Å². The lowest BCUT2D eigenvalue weighted by molar-refractivity contribution is 0.0427. The monoisotopic (exact) mass is 209 g/mol. The van der Waals surface area contributed by atoms with Crippen molar-refractivity contribution in [2.24, 2.45) is 0 Å². The van der Waals surface area contributed by atoms with Gasteiger partial charge in [-0.15, -0.1) is 0 Å². The molecule has 0 spiro atoms. The summed E-state index contributed by atoms with van der Waals surface area (Å²) in [5, 5.41) is 12.7. The fourth-order valence-corrected chi connectivity index (χ4v) is 1.29. The zero-order chi connectivity index (χ0) is 10.9. The standard InChI is InChI=1S/C12H19NO2/c1-2-15-10-12(14)9-13-8-11-6-4-3-5-7-11/h3-7,12-14H,2,8-10H2,1H3/t12-/m1/s1. The van der Waals surface area contributed by atoms with Crippen molar-refractivity contribution in [1.29, 1.82) is 0 Å². The van der Waals surface area contributed by atoms with E-state index in [1.54, 1.807) is 0 Å². The second-order valence-electron chi connectivity index (χ2n) is 3.43. The van der Waals surface area contributed by atoms with E-state index in [0.717, 1.165) is 6.54 Å². The number of ether oxygens (including phenoxy) is 1. The number of hydrogen-bond donors (Lipinski definition) is 2. The van der Waals surface area contributed by atoms with E-state index in [0.29, 0.717) is 19.8 Å². The highest BCUT2D eigenvalue weighted by Gasteiger charge is 2.02. The van der Waals surface area contributed by atoms with Gasteiger partial charge in [0, 0.05) is 19.7 Å². The van der Waals surface area contributed by atoms with Gasteiger partial charge in [0.2, 0.25) is 0 Å². The first kappa shape index (κ1) is 12.2. The summed E-state index contributed by atoms with van der Waals surface area (Å²) in [6.45, 7) is 4.32. The molecule has 0 aliphatic heterocycles. The van der Waals surface area contributed by atoms with Crippen molar-refractivity contribution < 1.29 is 9.84 Å². The molecule has 0 radical (unpaired) electrons. The van der Waals surface area contributed by atoms with Crippen molar-refractivity contribution in [3.05, 3.63) is 35.9 Å². The maximum Gasteiger partial charge on any atom is 0.0897 e. The van der Waals surface area contributed by atoms with Crippen molar-refractivity contribution in [3.63, 3.8) is 0 Å². The van der Waals surface area contributed by atoms with Crippen LogP contribution in [0.5, 0.6) is 0 Å². The fraction of sp³-hybridized carbons (Fsp3) is 0.500. The van der Waals surface area contributed by atoms with Crippen molar-refractivity contribution in [2.45, 2.75) is 19.6 Å². The minimum Gasteiger partial charge on any atom is -0.389 e. The smallest absolute Gasteiger partial charge is 0.0897 e. The summed E-state index contributed by atoms with van der Waals surface area (Å²) in [6, 6.07) is 10.1. The fourth-order valence-electron chi connectivity index (χ4n) is 1.29. The molecule has 0 saturated carbocycles. The Balaban J connectivity index is 2.11. The molecule has 0 aromatic heterocycles. The van der Waals surface area contributed by atoms with Crippen LogP contribution in [0.3, 0.4) is 0 Å². The zero-order valence-electron chi connectivity index (χ0n) is 9.15. The minimum absolute atomic E-state index is 0.401. The second-order valence-corrected chi connectivity index (χ2v) is 3.43. The van der Waals surface area contributed by atoms with E-state index < -0.39 is 6.10 Å². The molecule has 0 unspecified atom stereocenters. The molecule has 3 nitrogen and oxygen atoms in total. The van der Waals surface area contributed by atoms with E-state index in [2.05, 4.69) is 17.4 Å². The van der Waals surface area contributed by atoms with Crippen LogP contribution in [0.15, 0.2) is 30.3 Å². The minimum atomic E-state index is -0.423. The molecule has 1 rings (SSSR count). The lowest BCUT2D eigenvalue weighted by Crippen LogP contribution is -2.30. The number of aliphatic hydroxyl groups is 1. The number of rotatable bonds is 7. The van der Waals surface area contributed by atoms with Gasteiger partial charge in [0.25, 0.3) is 0 Å². The first-order valence-electron chi connectivity index (χ1n) is 5.33. The van der Waals surface area contributed by atoms with Crippen LogP contribution in [-0.2, 0) is 11.3 Å². The first-order chi connectivity index (χ1) is 7.33. The summed E-state index contributed by atoms with van der Waals surface area (Å²) < 4.78 is 5.11. The van der Waals surface area contributed by atoms with E-state index in [4.69, 9.17) is 4.74 Å². The van der Waals surface area contributed by atoms with Crippen molar-refractivity contribution in [3.8, 4) is 0 Å². The van der Waals surface area contributed by atoms with Crippen LogP contribution in [0, 0.1) is 0 Å². The molecule has 0 fully saturated rings. The van der Waals surface area contributed by atoms with Gasteiger partial charge in [0.05, 0.1) is 12.7 Å². The molecule has 15 heavy (non-hydrogen) atoms. The summed E-state index contributed by atoms with van der Waals surface area (Å²) in [7, 11) is 0. The Kier molecular flexibility index (Phi) is 6.00. The Labute approximate surface area is 91.1 Å². The van der Waals surface area contributed by atoms with E-state index >= 15 is 0 Å². The molecular weight excluding hydrogens is 190 g/mol. The van der Waals surface area contributed by atoms with Gasteiger partial charge in [0.15, 0.2) is 0 Å². The average molecular weight is 209 g/mol. The predicted octanol–water partition coefficient (Wildman–Crippen LogP) is 1.17. The highest BCUT2D eigenvalue weighted by Crippen LogP contribution is 1.97. The second kappa shape index (κ2) is 7.40. The summed E-state index contributed by atoms with van der Waals surface area (Å²) >= 11 is 0. The molecule has 1 aromatic carbocycles. The molecule has 3 heteroatoms. The number of benzene rings is 1. The lowest BCUT2D eigenvalue weighted by atomic mass is 10.2. The summed E-state index contributed by atoms with van der Waals surface area (Å²) in [5.74, 6) is 0. The highest BCUT2D eigenvalue weighted by atomic mass is 16.5. The van der Waals surface area contributed by atoms with Gasteiger partial charge in [-0.2, -0.15) is 0 Å². The third-order valence-electron chi connectivity index (χ3n) is 2.07. The maximum absolute atomic E-state index is 9.47. The van der Waals surface area contributed by atoms with Crippen LogP contribution < -0.4 is 5.32 Å². The van der Waals surface area contributed by atoms with Crippen LogP contribution in [0.1, 0.15) is 12.5 Å². The maximum atomic E-state index is 9.47. The van der Waals surface area contributed by atoms with Crippen molar-refractivity contribution >= 4 is 0 Å². The Bertz CT molecular complexity index is 251. The molecular formula is C12H19NO2. The molecule has 0 amide bonds. The molecule has 84 valence electrons. The normalized spacial score (nSPS) is 12.7. The Morgan fingerprint density at radius 3 is 2.73 bits per heavy atom.